The third-order valence-corrected chi connectivity index (χ3v) is 12.8. The van der Waals surface area contributed by atoms with Crippen LogP contribution in [-0.2, 0) is 36.3 Å². The van der Waals surface area contributed by atoms with Gasteiger partial charge >= 0.3 is 228 Å². The van der Waals surface area contributed by atoms with Crippen molar-refractivity contribution in [1.82, 2.24) is 0 Å². The average molecular weight is 513 g/mol. The van der Waals surface area contributed by atoms with Gasteiger partial charge in [-0.15, -0.1) is 0 Å². The first-order valence-electron chi connectivity index (χ1n) is 13.2. The van der Waals surface area contributed by atoms with Crippen molar-refractivity contribution < 1.29 is 70.1 Å². The van der Waals surface area contributed by atoms with Crippen LogP contribution >= 0.6 is 0 Å². The second-order valence-corrected chi connectivity index (χ2v) is 15.1. The van der Waals surface area contributed by atoms with Crippen LogP contribution in [0.25, 0.3) is 0 Å². The van der Waals surface area contributed by atoms with Crippen LogP contribution in [0.2, 0.25) is 0 Å². The Hall–Kier alpha value is 1.47. The van der Waals surface area contributed by atoms with E-state index >= 15 is 0 Å². The summed E-state index contributed by atoms with van der Waals surface area (Å²) in [4.78, 5) is 0. The molecule has 0 unspecified atom stereocenters. The van der Waals surface area contributed by atoms with Crippen molar-refractivity contribution in [2.75, 3.05) is 39.6 Å². The van der Waals surface area contributed by atoms with E-state index in [1.807, 2.05) is 0 Å². The second kappa shape index (κ2) is 19.6. The summed E-state index contributed by atoms with van der Waals surface area (Å²) in [6.45, 7) is 15.4. The molecule has 0 saturated heterocycles. The normalized spacial score (nSPS) is 14.1. The van der Waals surface area contributed by atoms with Gasteiger partial charge < -0.3 is 0 Å². The van der Waals surface area contributed by atoms with Gasteiger partial charge in [-0.2, -0.15) is 0 Å². The van der Waals surface area contributed by atoms with E-state index in [2.05, 4.69) is 41.5 Å². The van der Waals surface area contributed by atoms with Crippen LogP contribution < -0.4 is 29.6 Å². The van der Waals surface area contributed by atoms with E-state index in [9.17, 15) is 0 Å². The van der Waals surface area contributed by atoms with E-state index < -0.39 is 16.4 Å². The van der Waals surface area contributed by atoms with E-state index in [0.29, 0.717) is 39.6 Å². The molecule has 0 fully saturated rings. The zero-order chi connectivity index (χ0) is 23.4. The van der Waals surface area contributed by atoms with Gasteiger partial charge in [-0.05, 0) is 0 Å². The molecule has 0 radical (unpaired) electrons. The summed E-state index contributed by atoms with van der Waals surface area (Å²) >= 11 is -6.19. The minimum Gasteiger partial charge on any atom is 1.00 e. The van der Waals surface area contributed by atoms with Gasteiger partial charge in [-0.25, -0.2) is 0 Å². The molecule has 32 heavy (non-hydrogen) atoms. The summed E-state index contributed by atoms with van der Waals surface area (Å²) in [7, 11) is 0. The van der Waals surface area contributed by atoms with E-state index in [4.69, 9.17) is 19.9 Å². The fourth-order valence-corrected chi connectivity index (χ4v) is 10.4. The first kappa shape index (κ1) is 35.6. The maximum Gasteiger partial charge on any atom is 1.00 e. The van der Waals surface area contributed by atoms with Gasteiger partial charge in [0.15, 0.2) is 0 Å². The molecule has 0 atom stereocenters. The standard InChI is InChI=1S/6C4H9O.Na.Ti/c6*1-2-3-4-5;;/h6*2-4H2,1H3;;/q6*-1;+1;+6/p+3. The summed E-state index contributed by atoms with van der Waals surface area (Å²) in [6.07, 6.45) is 11.1. The average Bonchev–Trinajstić information content (AvgIpc) is 2.76. The van der Waals surface area contributed by atoms with Crippen molar-refractivity contribution in [3.8, 4) is 0 Å². The third-order valence-electron chi connectivity index (χ3n) is 5.37. The largest absolute Gasteiger partial charge is 1.00 e. The molecule has 0 aliphatic rings. The molecule has 0 aromatic rings. The molecule has 0 heterocycles. The van der Waals surface area contributed by atoms with E-state index in [1.54, 1.807) is 0 Å². The Morgan fingerprint density at radius 3 is 0.656 bits per heavy atom. The molecule has 0 bridgehead atoms. The molecule has 8 heteroatoms. The van der Waals surface area contributed by atoms with Crippen LogP contribution in [0.5, 0.6) is 0 Å². The smallest absolute Gasteiger partial charge is 1.00 e. The Morgan fingerprint density at radius 1 is 0.375 bits per heavy atom. The van der Waals surface area contributed by atoms with E-state index in [-0.39, 0.29) is 33.8 Å². The molecule has 0 aromatic heterocycles. The summed E-state index contributed by atoms with van der Waals surface area (Å²) in [5.74, 6) is 0. The maximum atomic E-state index is 6.65. The number of hydrogen-bond acceptors (Lipinski definition) is 6. The van der Waals surface area contributed by atoms with Crippen molar-refractivity contribution in [1.29, 1.82) is 0 Å². The van der Waals surface area contributed by atoms with Crippen LogP contribution in [0.15, 0.2) is 0 Å². The van der Waals surface area contributed by atoms with Crippen LogP contribution in [0, 0.1) is 0 Å². The van der Waals surface area contributed by atoms with Crippen LogP contribution in [-0.4, -0.2) is 39.6 Å². The second-order valence-electron chi connectivity index (χ2n) is 8.46. The molecule has 0 amide bonds. The molecule has 0 aliphatic heterocycles. The van der Waals surface area contributed by atoms with Crippen molar-refractivity contribution in [3.63, 3.8) is 0 Å². The van der Waals surface area contributed by atoms with Gasteiger partial charge in [-0.1, -0.05) is 0 Å². The summed E-state index contributed by atoms with van der Waals surface area (Å²) in [5.41, 5.74) is 0. The predicted octanol–water partition coefficient (Wildman–Crippen LogP) is 4.94. The van der Waals surface area contributed by atoms with Gasteiger partial charge in [0, 0.05) is 0 Å². The summed E-state index contributed by atoms with van der Waals surface area (Å²) < 4.78 is 39.9. The molecule has 0 spiro atoms. The van der Waals surface area contributed by atoms with Crippen LogP contribution in [0.4, 0.5) is 0 Å². The first-order valence-corrected chi connectivity index (χ1v) is 17.0. The SMILES string of the molecule is CCCC[O][Ti]([O]CCCC)([O]CCCC)([O]CCCC)([O]CCCC)[O]CCCC.[H+].[H+].[H+].[Na+]. The zero-order valence-corrected chi connectivity index (χ0v) is 26.2. The van der Waals surface area contributed by atoms with Crippen LogP contribution in [0.1, 0.15) is 123 Å². The predicted molar refractivity (Wildman–Crippen MR) is 128 cm³/mol. The van der Waals surface area contributed by atoms with Gasteiger partial charge in [0.1, 0.15) is 0 Å². The van der Waals surface area contributed by atoms with Gasteiger partial charge in [0.05, 0.1) is 0 Å². The Bertz CT molecular complexity index is 341. The van der Waals surface area contributed by atoms with Crippen molar-refractivity contribution in [3.05, 3.63) is 0 Å². The third kappa shape index (κ3) is 11.9. The Balaban J connectivity index is -0.000000750. The van der Waals surface area contributed by atoms with E-state index in [1.165, 1.54) is 0 Å². The maximum absolute atomic E-state index is 6.65. The number of hydrogen-bond donors (Lipinski definition) is 0. The Kier molecular flexibility index (Phi) is 21.9. The summed E-state index contributed by atoms with van der Waals surface area (Å²) in [5, 5.41) is 0. The zero-order valence-electron chi connectivity index (χ0n) is 25.7. The monoisotopic (exact) mass is 512 g/mol. The minimum atomic E-state index is -6.19. The van der Waals surface area contributed by atoms with Gasteiger partial charge in [-0.3, -0.25) is 0 Å². The minimum absolute atomic E-state index is 0. The fourth-order valence-electron chi connectivity index (χ4n) is 3.17. The number of rotatable bonds is 24. The first-order chi connectivity index (χ1) is 15.0. The molecule has 6 nitrogen and oxygen atoms in total. The van der Waals surface area contributed by atoms with Crippen molar-refractivity contribution in [2.45, 2.75) is 119 Å². The molecule has 190 valence electrons. The van der Waals surface area contributed by atoms with E-state index in [0.717, 1.165) is 77.0 Å². The van der Waals surface area contributed by atoms with Gasteiger partial charge in [0.2, 0.25) is 0 Å². The molecule has 0 N–H and O–H groups in total. The fraction of sp³-hybridized carbons (Fsp3) is 1.00. The molecule has 0 aromatic carbocycles. The molecule has 0 saturated carbocycles. The Labute approximate surface area is 227 Å². The van der Waals surface area contributed by atoms with Gasteiger partial charge in [0.25, 0.3) is 0 Å². The number of unbranched alkanes of at least 4 members (excludes halogenated alkanes) is 6. The van der Waals surface area contributed by atoms with Crippen LogP contribution in [0.3, 0.4) is 0 Å². The topological polar surface area (TPSA) is 55.4 Å². The molecule has 0 aliphatic carbocycles. The Morgan fingerprint density at radius 2 is 0.531 bits per heavy atom. The molecule has 0 rings (SSSR count). The summed E-state index contributed by atoms with van der Waals surface area (Å²) in [6, 6.07) is 0. The molecular weight excluding hydrogens is 455 g/mol. The molecular formula is C24H57NaO6Ti+4. The van der Waals surface area contributed by atoms with Crippen molar-refractivity contribution in [2.24, 2.45) is 0 Å². The van der Waals surface area contributed by atoms with Crippen molar-refractivity contribution >= 4 is 0 Å². The quantitative estimate of drug-likeness (QED) is 0.135.